The molecule has 5 heteroatoms. The third-order valence-electron chi connectivity index (χ3n) is 4.93. The first-order valence-corrected chi connectivity index (χ1v) is 8.70. The van der Waals surface area contributed by atoms with Gasteiger partial charge in [-0.1, -0.05) is 18.2 Å². The van der Waals surface area contributed by atoms with Crippen molar-refractivity contribution < 1.29 is 19.4 Å². The molecule has 0 unspecified atom stereocenters. The molecule has 0 saturated carbocycles. The first kappa shape index (κ1) is 17.1. The number of allylic oxidation sites excluding steroid dienone is 1. The maximum Gasteiger partial charge on any atom is 0.336 e. The lowest BCUT2D eigenvalue weighted by molar-refractivity contribution is 0.0698. The standard InChI is InChI=1S/C22H19NO4/c1-26-15-9-7-13(19(12-15)27-2)11-14-8-10-17-20(22(24)25)16-5-3-4-6-18(16)23-21(14)17/h3-7,9,11-12H,8,10H2,1-2H3,(H,24,25)/b14-11+. The van der Waals surface area contributed by atoms with Crippen molar-refractivity contribution in [2.75, 3.05) is 14.2 Å². The largest absolute Gasteiger partial charge is 0.497 e. The minimum atomic E-state index is -0.909. The minimum absolute atomic E-state index is 0.362. The summed E-state index contributed by atoms with van der Waals surface area (Å²) in [7, 11) is 3.23. The molecule has 0 spiro atoms. The maximum absolute atomic E-state index is 11.9. The molecular formula is C22H19NO4. The van der Waals surface area contributed by atoms with E-state index in [1.165, 1.54) is 0 Å². The monoisotopic (exact) mass is 361 g/mol. The van der Waals surface area contributed by atoms with Crippen molar-refractivity contribution in [3.63, 3.8) is 0 Å². The normalized spacial score (nSPS) is 14.4. The molecule has 27 heavy (non-hydrogen) atoms. The summed E-state index contributed by atoms with van der Waals surface area (Å²) in [6, 6.07) is 13.0. The Hall–Kier alpha value is -3.34. The number of methoxy groups -OCH3 is 2. The van der Waals surface area contributed by atoms with Gasteiger partial charge in [0.2, 0.25) is 0 Å². The van der Waals surface area contributed by atoms with Crippen molar-refractivity contribution in [1.82, 2.24) is 4.98 Å². The van der Waals surface area contributed by atoms with Crippen molar-refractivity contribution in [1.29, 1.82) is 0 Å². The van der Waals surface area contributed by atoms with Crippen LogP contribution in [0, 0.1) is 0 Å². The molecule has 136 valence electrons. The summed E-state index contributed by atoms with van der Waals surface area (Å²) >= 11 is 0. The van der Waals surface area contributed by atoms with E-state index >= 15 is 0 Å². The molecular weight excluding hydrogens is 342 g/mol. The average molecular weight is 361 g/mol. The van der Waals surface area contributed by atoms with E-state index in [1.807, 2.05) is 48.5 Å². The second-order valence-corrected chi connectivity index (χ2v) is 6.41. The van der Waals surface area contributed by atoms with Crippen molar-refractivity contribution in [3.8, 4) is 11.5 Å². The van der Waals surface area contributed by atoms with Gasteiger partial charge in [0.1, 0.15) is 11.5 Å². The van der Waals surface area contributed by atoms with Crippen LogP contribution in [0.15, 0.2) is 42.5 Å². The number of hydrogen-bond acceptors (Lipinski definition) is 4. The molecule has 1 heterocycles. The van der Waals surface area contributed by atoms with Gasteiger partial charge in [0.15, 0.2) is 0 Å². The highest BCUT2D eigenvalue weighted by Gasteiger charge is 2.26. The minimum Gasteiger partial charge on any atom is -0.497 e. The number of nitrogens with zero attached hydrogens (tertiary/aromatic N) is 1. The maximum atomic E-state index is 11.9. The summed E-state index contributed by atoms with van der Waals surface area (Å²) in [5.74, 6) is 0.515. The fraction of sp³-hybridized carbons (Fsp3) is 0.182. The lowest BCUT2D eigenvalue weighted by Crippen LogP contribution is -2.05. The molecule has 0 fully saturated rings. The second kappa shape index (κ2) is 6.76. The van der Waals surface area contributed by atoms with Gasteiger partial charge in [0.05, 0.1) is 31.0 Å². The summed E-state index contributed by atoms with van der Waals surface area (Å²) in [5, 5.41) is 10.5. The highest BCUT2D eigenvalue weighted by atomic mass is 16.5. The number of aromatic nitrogens is 1. The molecule has 0 radical (unpaired) electrons. The smallest absolute Gasteiger partial charge is 0.336 e. The van der Waals surface area contributed by atoms with E-state index in [1.54, 1.807) is 14.2 Å². The molecule has 0 atom stereocenters. The molecule has 4 rings (SSSR count). The van der Waals surface area contributed by atoms with Crippen LogP contribution in [-0.4, -0.2) is 30.3 Å². The first-order valence-electron chi connectivity index (χ1n) is 8.70. The molecule has 1 aliphatic carbocycles. The lowest BCUT2D eigenvalue weighted by atomic mass is 10.0. The number of carbonyl (C=O) groups is 1. The summed E-state index contributed by atoms with van der Waals surface area (Å²) in [4.78, 5) is 16.7. The van der Waals surface area contributed by atoms with Crippen LogP contribution in [0.1, 0.15) is 33.6 Å². The SMILES string of the molecule is COc1ccc(/C=C2\CCc3c2nc2ccccc2c3C(=O)O)c(OC)c1. The van der Waals surface area contributed by atoms with Crippen LogP contribution >= 0.6 is 0 Å². The number of aromatic carboxylic acids is 1. The van der Waals surface area contributed by atoms with Crippen molar-refractivity contribution in [3.05, 3.63) is 64.8 Å². The Morgan fingerprint density at radius 3 is 2.67 bits per heavy atom. The van der Waals surface area contributed by atoms with Gasteiger partial charge in [-0.05, 0) is 48.3 Å². The quantitative estimate of drug-likeness (QED) is 0.744. The molecule has 0 bridgehead atoms. The van der Waals surface area contributed by atoms with Gasteiger partial charge in [0.25, 0.3) is 0 Å². The summed E-state index contributed by atoms with van der Waals surface area (Å²) in [5.41, 5.74) is 4.56. The van der Waals surface area contributed by atoms with Crippen molar-refractivity contribution >= 4 is 28.5 Å². The fourth-order valence-electron chi connectivity index (χ4n) is 3.65. The number of benzene rings is 2. The highest BCUT2D eigenvalue weighted by Crippen LogP contribution is 2.38. The number of rotatable bonds is 4. The highest BCUT2D eigenvalue weighted by molar-refractivity contribution is 6.06. The Morgan fingerprint density at radius 1 is 1.11 bits per heavy atom. The summed E-state index contributed by atoms with van der Waals surface area (Å²) < 4.78 is 10.7. The molecule has 0 aliphatic heterocycles. The predicted molar refractivity (Wildman–Crippen MR) is 104 cm³/mol. The van der Waals surface area contributed by atoms with Gasteiger partial charge in [-0.25, -0.2) is 9.78 Å². The number of pyridine rings is 1. The van der Waals surface area contributed by atoms with Gasteiger partial charge in [-0.15, -0.1) is 0 Å². The van der Waals surface area contributed by atoms with E-state index in [9.17, 15) is 9.90 Å². The zero-order valence-corrected chi connectivity index (χ0v) is 15.2. The molecule has 5 nitrogen and oxygen atoms in total. The number of carboxylic acids is 1. The summed E-state index contributed by atoms with van der Waals surface area (Å²) in [6.45, 7) is 0. The van der Waals surface area contributed by atoms with E-state index in [0.29, 0.717) is 28.6 Å². The van der Waals surface area contributed by atoms with Crippen LogP contribution in [0.5, 0.6) is 11.5 Å². The third-order valence-corrected chi connectivity index (χ3v) is 4.93. The van der Waals surface area contributed by atoms with E-state index in [-0.39, 0.29) is 0 Å². The van der Waals surface area contributed by atoms with Crippen molar-refractivity contribution in [2.45, 2.75) is 12.8 Å². The van der Waals surface area contributed by atoms with Gasteiger partial charge in [-0.2, -0.15) is 0 Å². The topological polar surface area (TPSA) is 68.7 Å². The molecule has 0 saturated heterocycles. The van der Waals surface area contributed by atoms with E-state index in [4.69, 9.17) is 14.5 Å². The van der Waals surface area contributed by atoms with Crippen LogP contribution in [0.4, 0.5) is 0 Å². The molecule has 1 N–H and O–H groups in total. The molecule has 1 aliphatic rings. The van der Waals surface area contributed by atoms with Crippen LogP contribution in [0.25, 0.3) is 22.6 Å². The van der Waals surface area contributed by atoms with Gasteiger partial charge in [-0.3, -0.25) is 0 Å². The zero-order chi connectivity index (χ0) is 19.0. The number of para-hydroxylation sites is 1. The Morgan fingerprint density at radius 2 is 1.93 bits per heavy atom. The molecule has 3 aromatic rings. The Labute approximate surface area is 156 Å². The van der Waals surface area contributed by atoms with E-state index in [2.05, 4.69) is 0 Å². The van der Waals surface area contributed by atoms with Gasteiger partial charge >= 0.3 is 5.97 Å². The molecule has 2 aromatic carbocycles. The Balaban J connectivity index is 1.89. The Kier molecular flexibility index (Phi) is 4.28. The molecule has 1 aromatic heterocycles. The van der Waals surface area contributed by atoms with Crippen LogP contribution < -0.4 is 9.47 Å². The molecule has 0 amide bonds. The Bertz CT molecular complexity index is 1090. The number of hydrogen-bond donors (Lipinski definition) is 1. The van der Waals surface area contributed by atoms with Crippen molar-refractivity contribution in [2.24, 2.45) is 0 Å². The predicted octanol–water partition coefficient (Wildman–Crippen LogP) is 4.44. The van der Waals surface area contributed by atoms with Gasteiger partial charge < -0.3 is 14.6 Å². The first-order chi connectivity index (χ1) is 13.1. The van der Waals surface area contributed by atoms with Crippen LogP contribution in [0.3, 0.4) is 0 Å². The average Bonchev–Trinajstić information content (AvgIpc) is 3.08. The third kappa shape index (κ3) is 2.91. The van der Waals surface area contributed by atoms with Gasteiger partial charge in [0, 0.05) is 17.0 Å². The van der Waals surface area contributed by atoms with Crippen LogP contribution in [-0.2, 0) is 6.42 Å². The number of ether oxygens (including phenoxy) is 2. The van der Waals surface area contributed by atoms with E-state index < -0.39 is 5.97 Å². The lowest BCUT2D eigenvalue weighted by Gasteiger charge is -2.10. The number of carboxylic acid groups (broad SMARTS) is 1. The summed E-state index contributed by atoms with van der Waals surface area (Å²) in [6.07, 6.45) is 3.44. The second-order valence-electron chi connectivity index (χ2n) is 6.41. The van der Waals surface area contributed by atoms with E-state index in [0.717, 1.165) is 34.6 Å². The van der Waals surface area contributed by atoms with Crippen LogP contribution in [0.2, 0.25) is 0 Å². The fourth-order valence-corrected chi connectivity index (χ4v) is 3.65. The zero-order valence-electron chi connectivity index (χ0n) is 15.2. The number of fused-ring (bicyclic) bond motifs is 2.